The number of carbonyl (C=O) groups is 1. The summed E-state index contributed by atoms with van der Waals surface area (Å²) in [7, 11) is 0. The maximum Gasteiger partial charge on any atom is 0.356 e. The fourth-order valence-electron chi connectivity index (χ4n) is 1.59. The van der Waals surface area contributed by atoms with Gasteiger partial charge in [-0.2, -0.15) is 0 Å². The van der Waals surface area contributed by atoms with E-state index in [1.165, 1.54) is 0 Å². The number of aromatic nitrogens is 2. The molecule has 0 aliphatic heterocycles. The first-order valence-corrected chi connectivity index (χ1v) is 6.32. The molecule has 0 aliphatic rings. The zero-order chi connectivity index (χ0) is 14.5. The van der Waals surface area contributed by atoms with Crippen molar-refractivity contribution in [1.82, 2.24) is 10.2 Å². The lowest BCUT2D eigenvalue weighted by molar-refractivity contribution is 0.0515. The van der Waals surface area contributed by atoms with E-state index in [4.69, 9.17) is 21.1 Å². The summed E-state index contributed by atoms with van der Waals surface area (Å²) in [6.45, 7) is 1.52. The molecule has 1 aromatic heterocycles. The van der Waals surface area contributed by atoms with Gasteiger partial charge in [0.1, 0.15) is 5.75 Å². The number of rotatable bonds is 5. The quantitative estimate of drug-likeness (QED) is 0.828. The number of aromatic amines is 1. The van der Waals surface area contributed by atoms with E-state index in [-0.39, 0.29) is 23.7 Å². The predicted molar refractivity (Wildman–Crippen MR) is 72.0 cm³/mol. The van der Waals surface area contributed by atoms with Crippen molar-refractivity contribution in [2.75, 3.05) is 6.61 Å². The van der Waals surface area contributed by atoms with Crippen LogP contribution in [-0.2, 0) is 11.3 Å². The Kier molecular flexibility index (Phi) is 4.60. The highest BCUT2D eigenvalue weighted by molar-refractivity contribution is 6.30. The van der Waals surface area contributed by atoms with Gasteiger partial charge in [-0.25, -0.2) is 4.79 Å². The number of benzene rings is 1. The number of aliphatic hydroxyl groups is 1. The Morgan fingerprint density at radius 1 is 1.50 bits per heavy atom. The van der Waals surface area contributed by atoms with E-state index in [1.54, 1.807) is 31.2 Å². The maximum absolute atomic E-state index is 11.7. The molecule has 106 valence electrons. The molecule has 1 aromatic carbocycles. The van der Waals surface area contributed by atoms with Crippen LogP contribution in [-0.4, -0.2) is 27.9 Å². The Morgan fingerprint density at radius 2 is 2.30 bits per heavy atom. The molecule has 0 fully saturated rings. The van der Waals surface area contributed by atoms with Crippen molar-refractivity contribution in [3.63, 3.8) is 0 Å². The van der Waals surface area contributed by atoms with Crippen LogP contribution >= 0.6 is 11.6 Å². The highest BCUT2D eigenvalue weighted by Crippen LogP contribution is 2.27. The summed E-state index contributed by atoms with van der Waals surface area (Å²) in [6, 6.07) is 6.71. The second kappa shape index (κ2) is 6.40. The lowest BCUT2D eigenvalue weighted by Gasteiger charge is -2.05. The number of carbonyl (C=O) groups excluding carboxylic acids is 1. The summed E-state index contributed by atoms with van der Waals surface area (Å²) < 4.78 is 10.4. The largest absolute Gasteiger partial charge is 0.461 e. The van der Waals surface area contributed by atoms with E-state index >= 15 is 0 Å². The summed E-state index contributed by atoms with van der Waals surface area (Å²) in [4.78, 5) is 11.7. The second-order valence-electron chi connectivity index (χ2n) is 3.82. The van der Waals surface area contributed by atoms with Crippen LogP contribution in [0.5, 0.6) is 11.6 Å². The third-order valence-electron chi connectivity index (χ3n) is 2.48. The smallest absolute Gasteiger partial charge is 0.356 e. The van der Waals surface area contributed by atoms with Crippen molar-refractivity contribution < 1.29 is 19.4 Å². The minimum Gasteiger partial charge on any atom is -0.461 e. The summed E-state index contributed by atoms with van der Waals surface area (Å²) in [5.41, 5.74) is 0.315. The van der Waals surface area contributed by atoms with Crippen molar-refractivity contribution in [2.24, 2.45) is 0 Å². The van der Waals surface area contributed by atoms with Gasteiger partial charge in [-0.3, -0.25) is 5.10 Å². The first-order valence-electron chi connectivity index (χ1n) is 5.94. The van der Waals surface area contributed by atoms with Crippen LogP contribution in [0.15, 0.2) is 24.3 Å². The van der Waals surface area contributed by atoms with Crippen LogP contribution < -0.4 is 4.74 Å². The molecule has 0 bridgehead atoms. The Labute approximate surface area is 120 Å². The summed E-state index contributed by atoms with van der Waals surface area (Å²) in [6.07, 6.45) is 0. The number of halogens is 1. The van der Waals surface area contributed by atoms with E-state index in [1.807, 2.05) is 0 Å². The number of hydrogen-bond acceptors (Lipinski definition) is 5. The van der Waals surface area contributed by atoms with Gasteiger partial charge in [0.2, 0.25) is 5.88 Å². The topological polar surface area (TPSA) is 84.4 Å². The predicted octanol–water partition coefficient (Wildman–Crippen LogP) is 2.52. The van der Waals surface area contributed by atoms with E-state index in [9.17, 15) is 9.90 Å². The first-order chi connectivity index (χ1) is 9.65. The van der Waals surface area contributed by atoms with Gasteiger partial charge in [-0.05, 0) is 25.1 Å². The van der Waals surface area contributed by atoms with Gasteiger partial charge in [0.15, 0.2) is 5.69 Å². The van der Waals surface area contributed by atoms with Crippen molar-refractivity contribution in [3.05, 3.63) is 40.5 Å². The number of nitrogens with one attached hydrogen (secondary N) is 1. The van der Waals surface area contributed by atoms with E-state index in [0.29, 0.717) is 10.8 Å². The number of esters is 1. The van der Waals surface area contributed by atoms with Gasteiger partial charge in [-0.1, -0.05) is 17.7 Å². The minimum absolute atomic E-state index is 0.0754. The molecular formula is C13H13ClN2O4. The van der Waals surface area contributed by atoms with Crippen molar-refractivity contribution in [2.45, 2.75) is 13.5 Å². The van der Waals surface area contributed by atoms with Gasteiger partial charge >= 0.3 is 5.97 Å². The third-order valence-corrected chi connectivity index (χ3v) is 2.71. The van der Waals surface area contributed by atoms with Crippen LogP contribution in [0.1, 0.15) is 23.0 Å². The standard InChI is InChI=1S/C13H13ClN2O4/c1-2-19-13(18)11-10(7-17)12(16-15-11)20-9-5-3-4-8(14)6-9/h3-6,17H,2,7H2,1H3,(H,15,16). The van der Waals surface area contributed by atoms with E-state index < -0.39 is 12.6 Å². The Bertz CT molecular complexity index is 612. The molecular weight excluding hydrogens is 284 g/mol. The van der Waals surface area contributed by atoms with Crippen LogP contribution in [0.25, 0.3) is 0 Å². The zero-order valence-corrected chi connectivity index (χ0v) is 11.5. The molecule has 2 rings (SSSR count). The van der Waals surface area contributed by atoms with E-state index in [0.717, 1.165) is 0 Å². The molecule has 1 heterocycles. The molecule has 0 unspecified atom stereocenters. The van der Waals surface area contributed by atoms with Gasteiger partial charge < -0.3 is 14.6 Å². The van der Waals surface area contributed by atoms with Gasteiger partial charge in [0.05, 0.1) is 18.8 Å². The lowest BCUT2D eigenvalue weighted by Crippen LogP contribution is -2.08. The Morgan fingerprint density at radius 3 is 2.95 bits per heavy atom. The Hall–Kier alpha value is -2.05. The maximum atomic E-state index is 11.7. The molecule has 0 amide bonds. The average molecular weight is 297 g/mol. The number of aliphatic hydroxyl groups excluding tert-OH is 1. The molecule has 0 spiro atoms. The third kappa shape index (κ3) is 3.09. The molecule has 6 nitrogen and oxygen atoms in total. The molecule has 7 heteroatoms. The average Bonchev–Trinajstić information content (AvgIpc) is 2.82. The SMILES string of the molecule is CCOC(=O)c1[nH]nc(Oc2cccc(Cl)c2)c1CO. The van der Waals surface area contributed by atoms with E-state index in [2.05, 4.69) is 10.2 Å². The highest BCUT2D eigenvalue weighted by atomic mass is 35.5. The van der Waals surface area contributed by atoms with Crippen LogP contribution in [0, 0.1) is 0 Å². The lowest BCUT2D eigenvalue weighted by atomic mass is 10.2. The van der Waals surface area contributed by atoms with Gasteiger partial charge in [-0.15, -0.1) is 5.10 Å². The Balaban J connectivity index is 2.27. The molecule has 2 N–H and O–H groups in total. The summed E-state index contributed by atoms with van der Waals surface area (Å²) in [5, 5.41) is 16.2. The monoisotopic (exact) mass is 296 g/mol. The molecule has 0 saturated carbocycles. The summed E-state index contributed by atoms with van der Waals surface area (Å²) >= 11 is 5.85. The zero-order valence-electron chi connectivity index (χ0n) is 10.7. The minimum atomic E-state index is -0.593. The molecule has 0 aliphatic carbocycles. The van der Waals surface area contributed by atoms with Gasteiger partial charge in [0.25, 0.3) is 0 Å². The fraction of sp³-hybridized carbons (Fsp3) is 0.231. The number of ether oxygens (including phenoxy) is 2. The van der Waals surface area contributed by atoms with Crippen LogP contribution in [0.2, 0.25) is 5.02 Å². The van der Waals surface area contributed by atoms with Crippen LogP contribution in [0.3, 0.4) is 0 Å². The first kappa shape index (κ1) is 14.4. The molecule has 20 heavy (non-hydrogen) atoms. The molecule has 0 saturated heterocycles. The van der Waals surface area contributed by atoms with Gasteiger partial charge in [0, 0.05) is 5.02 Å². The molecule has 0 radical (unpaired) electrons. The molecule has 2 aromatic rings. The number of hydrogen-bond donors (Lipinski definition) is 2. The normalized spacial score (nSPS) is 10.3. The van der Waals surface area contributed by atoms with Crippen molar-refractivity contribution >= 4 is 17.6 Å². The summed E-state index contributed by atoms with van der Waals surface area (Å²) in [5.74, 6) is -0.0306. The van der Waals surface area contributed by atoms with Crippen LogP contribution in [0.4, 0.5) is 0 Å². The molecule has 0 atom stereocenters. The number of nitrogens with zero attached hydrogens (tertiary/aromatic N) is 1. The van der Waals surface area contributed by atoms with Crippen molar-refractivity contribution in [3.8, 4) is 11.6 Å². The second-order valence-corrected chi connectivity index (χ2v) is 4.26. The fourth-order valence-corrected chi connectivity index (χ4v) is 1.77. The number of H-pyrrole nitrogens is 1. The van der Waals surface area contributed by atoms with Crippen molar-refractivity contribution in [1.29, 1.82) is 0 Å². The highest BCUT2D eigenvalue weighted by Gasteiger charge is 2.21.